The van der Waals surface area contributed by atoms with Crippen molar-refractivity contribution in [2.45, 2.75) is 33.1 Å². The molecule has 0 saturated carbocycles. The minimum absolute atomic E-state index is 0.519. The van der Waals surface area contributed by atoms with Gasteiger partial charge in [-0.3, -0.25) is 0 Å². The Morgan fingerprint density at radius 1 is 1.33 bits per heavy atom. The molecule has 6 heteroatoms. The van der Waals surface area contributed by atoms with E-state index in [0.29, 0.717) is 5.92 Å². The minimum Gasteiger partial charge on any atom is -0.316 e. The topological polar surface area (TPSA) is 53.9 Å². The predicted molar refractivity (Wildman–Crippen MR) is 86.4 cm³/mol. The molecule has 1 saturated heterocycles. The van der Waals surface area contributed by atoms with Crippen LogP contribution in [-0.4, -0.2) is 39.5 Å². The number of nitrogens with one attached hydrogen (secondary N) is 1. The van der Waals surface area contributed by atoms with Crippen LogP contribution in [-0.2, 0) is 0 Å². The molecule has 5 nitrogen and oxygen atoms in total. The van der Waals surface area contributed by atoms with Crippen LogP contribution in [0.5, 0.6) is 0 Å². The molecule has 3 rings (SSSR count). The van der Waals surface area contributed by atoms with Gasteiger partial charge < -0.3 is 10.2 Å². The first-order chi connectivity index (χ1) is 10.1. The number of likely N-dealkylation sites (tertiary alicyclic amines) is 1. The molecule has 21 heavy (non-hydrogen) atoms. The molecule has 1 N–H and O–H groups in total. The van der Waals surface area contributed by atoms with E-state index in [1.165, 1.54) is 13.0 Å². The second-order valence-electron chi connectivity index (χ2n) is 5.52. The van der Waals surface area contributed by atoms with E-state index in [1.54, 1.807) is 11.3 Å². The summed E-state index contributed by atoms with van der Waals surface area (Å²) in [6.07, 6.45) is 1.18. The summed E-state index contributed by atoms with van der Waals surface area (Å²) >= 11 is 1.60. The maximum atomic E-state index is 4.64. The fourth-order valence-electron chi connectivity index (χ4n) is 2.75. The molecule has 2 aromatic heterocycles. The van der Waals surface area contributed by atoms with E-state index in [4.69, 9.17) is 0 Å². The van der Waals surface area contributed by atoms with Gasteiger partial charge in [-0.05, 0) is 33.4 Å². The first-order valence-corrected chi connectivity index (χ1v) is 8.29. The number of thiazole rings is 1. The minimum atomic E-state index is 0.519. The molecule has 0 bridgehead atoms. The summed E-state index contributed by atoms with van der Waals surface area (Å²) in [5.41, 5.74) is 2.18. The molecule has 1 fully saturated rings. The van der Waals surface area contributed by atoms with Crippen LogP contribution in [0, 0.1) is 13.8 Å². The van der Waals surface area contributed by atoms with Crippen molar-refractivity contribution < 1.29 is 0 Å². The van der Waals surface area contributed by atoms with Crippen LogP contribution in [0.4, 0.5) is 10.9 Å². The first kappa shape index (κ1) is 14.4. The van der Waals surface area contributed by atoms with Gasteiger partial charge >= 0.3 is 0 Å². The lowest BCUT2D eigenvalue weighted by Crippen LogP contribution is -2.19. The smallest absolute Gasteiger partial charge is 0.188 e. The van der Waals surface area contributed by atoms with Crippen LogP contribution < -0.4 is 5.32 Å². The number of nitrogens with zero attached hydrogens (tertiary/aromatic N) is 4. The van der Waals surface area contributed by atoms with Crippen molar-refractivity contribution in [1.82, 2.24) is 19.9 Å². The van der Waals surface area contributed by atoms with Gasteiger partial charge in [-0.1, -0.05) is 6.92 Å². The Labute approximate surface area is 129 Å². The number of aromatic nitrogens is 3. The zero-order valence-corrected chi connectivity index (χ0v) is 13.6. The van der Waals surface area contributed by atoms with E-state index in [2.05, 4.69) is 38.2 Å². The maximum absolute atomic E-state index is 4.64. The molecular formula is C15H21N5S. The van der Waals surface area contributed by atoms with Crippen LogP contribution in [0.3, 0.4) is 0 Å². The van der Waals surface area contributed by atoms with Crippen molar-refractivity contribution in [2.24, 2.45) is 0 Å². The molecular weight excluding hydrogens is 282 g/mol. The zero-order valence-electron chi connectivity index (χ0n) is 12.8. The Bertz CT molecular complexity index is 624. The van der Waals surface area contributed by atoms with E-state index in [-0.39, 0.29) is 0 Å². The lowest BCUT2D eigenvalue weighted by Gasteiger charge is -2.14. The predicted octanol–water partition coefficient (Wildman–Crippen LogP) is 3.10. The standard InChI is InChI=1S/C15H21N5S/c1-4-20-6-5-12(8-20)13-7-14(18-11(3)17-13)19-15-16-10(2)9-21-15/h7,9,12H,4-6,8H2,1-3H3,(H,16,17,18,19)/t12-/m1/s1. The fourth-order valence-corrected chi connectivity index (χ4v) is 3.44. The highest BCUT2D eigenvalue weighted by atomic mass is 32.1. The number of likely N-dealkylation sites (N-methyl/N-ethyl adjacent to an activating group) is 1. The van der Waals surface area contributed by atoms with Gasteiger partial charge in [0.1, 0.15) is 11.6 Å². The van der Waals surface area contributed by atoms with E-state index >= 15 is 0 Å². The lowest BCUT2D eigenvalue weighted by atomic mass is 10.0. The number of aryl methyl sites for hydroxylation is 2. The normalized spacial score (nSPS) is 19.1. The average Bonchev–Trinajstić information content (AvgIpc) is 3.07. The van der Waals surface area contributed by atoms with Crippen LogP contribution >= 0.6 is 11.3 Å². The molecule has 0 spiro atoms. The van der Waals surface area contributed by atoms with Gasteiger partial charge in [0.2, 0.25) is 0 Å². The van der Waals surface area contributed by atoms with Gasteiger partial charge in [-0.2, -0.15) is 0 Å². The summed E-state index contributed by atoms with van der Waals surface area (Å²) in [7, 11) is 0. The second kappa shape index (κ2) is 6.07. The summed E-state index contributed by atoms with van der Waals surface area (Å²) in [6.45, 7) is 9.54. The second-order valence-corrected chi connectivity index (χ2v) is 6.38. The Morgan fingerprint density at radius 3 is 2.86 bits per heavy atom. The summed E-state index contributed by atoms with van der Waals surface area (Å²) in [5.74, 6) is 2.19. The van der Waals surface area contributed by atoms with E-state index in [9.17, 15) is 0 Å². The Hall–Kier alpha value is -1.53. The summed E-state index contributed by atoms with van der Waals surface area (Å²) < 4.78 is 0. The van der Waals surface area contributed by atoms with Gasteiger partial charge in [0.05, 0.1) is 11.4 Å². The molecule has 1 aliphatic rings. The van der Waals surface area contributed by atoms with Gasteiger partial charge in [0.15, 0.2) is 5.13 Å². The van der Waals surface area contributed by atoms with Gasteiger partial charge in [0.25, 0.3) is 0 Å². The third-order valence-corrected chi connectivity index (χ3v) is 4.73. The Morgan fingerprint density at radius 2 is 2.19 bits per heavy atom. The third-order valence-electron chi connectivity index (χ3n) is 3.85. The van der Waals surface area contributed by atoms with Crippen LogP contribution in [0.25, 0.3) is 0 Å². The van der Waals surface area contributed by atoms with Crippen molar-refractivity contribution >= 4 is 22.3 Å². The van der Waals surface area contributed by atoms with Crippen molar-refractivity contribution in [3.63, 3.8) is 0 Å². The third kappa shape index (κ3) is 3.39. The van der Waals surface area contributed by atoms with E-state index in [1.807, 2.05) is 19.2 Å². The molecule has 0 radical (unpaired) electrons. The van der Waals surface area contributed by atoms with E-state index < -0.39 is 0 Å². The van der Waals surface area contributed by atoms with Crippen molar-refractivity contribution in [2.75, 3.05) is 25.0 Å². The van der Waals surface area contributed by atoms with Crippen molar-refractivity contribution in [3.8, 4) is 0 Å². The molecule has 0 amide bonds. The molecule has 1 aliphatic heterocycles. The van der Waals surface area contributed by atoms with E-state index in [0.717, 1.165) is 41.3 Å². The zero-order chi connectivity index (χ0) is 14.8. The molecule has 0 aromatic carbocycles. The monoisotopic (exact) mass is 303 g/mol. The molecule has 3 heterocycles. The Balaban J connectivity index is 1.79. The van der Waals surface area contributed by atoms with Crippen molar-refractivity contribution in [1.29, 1.82) is 0 Å². The number of rotatable bonds is 4. The molecule has 1 atom stereocenters. The summed E-state index contributed by atoms with van der Waals surface area (Å²) in [5, 5.41) is 6.22. The summed E-state index contributed by atoms with van der Waals surface area (Å²) in [4.78, 5) is 16.0. The average molecular weight is 303 g/mol. The highest BCUT2D eigenvalue weighted by Gasteiger charge is 2.24. The molecule has 112 valence electrons. The maximum Gasteiger partial charge on any atom is 0.188 e. The number of anilines is 2. The van der Waals surface area contributed by atoms with Gasteiger partial charge in [0, 0.05) is 23.9 Å². The highest BCUT2D eigenvalue weighted by Crippen LogP contribution is 2.28. The van der Waals surface area contributed by atoms with Gasteiger partial charge in [-0.15, -0.1) is 11.3 Å². The van der Waals surface area contributed by atoms with Crippen molar-refractivity contribution in [3.05, 3.63) is 28.7 Å². The van der Waals surface area contributed by atoms with Gasteiger partial charge in [-0.25, -0.2) is 15.0 Å². The van der Waals surface area contributed by atoms with Crippen LogP contribution in [0.15, 0.2) is 11.4 Å². The summed E-state index contributed by atoms with van der Waals surface area (Å²) in [6, 6.07) is 2.08. The molecule has 2 aromatic rings. The van der Waals surface area contributed by atoms with Crippen LogP contribution in [0.2, 0.25) is 0 Å². The quantitative estimate of drug-likeness (QED) is 0.940. The first-order valence-electron chi connectivity index (χ1n) is 7.41. The SMILES string of the molecule is CCN1CC[C@@H](c2cc(Nc3nc(C)cs3)nc(C)n2)C1. The molecule has 0 unspecified atom stereocenters. The number of hydrogen-bond donors (Lipinski definition) is 1. The lowest BCUT2D eigenvalue weighted by molar-refractivity contribution is 0.353. The largest absolute Gasteiger partial charge is 0.316 e. The Kier molecular flexibility index (Phi) is 4.17. The fraction of sp³-hybridized carbons (Fsp3) is 0.533. The molecule has 0 aliphatic carbocycles. The number of hydrogen-bond acceptors (Lipinski definition) is 6. The highest BCUT2D eigenvalue weighted by molar-refractivity contribution is 7.13. The van der Waals surface area contributed by atoms with Crippen LogP contribution in [0.1, 0.15) is 36.5 Å².